The van der Waals surface area contributed by atoms with Gasteiger partial charge in [0.1, 0.15) is 0 Å². The first-order valence-corrected chi connectivity index (χ1v) is 6.33. The standard InChI is InChI=1S/C13H30N2O/c1-11(2)14-9-13(4,5)10-15(6)8-7-12(3)16/h11-12,14,16H,7-10H2,1-6H3. The molecule has 0 aromatic rings. The number of hydrogen-bond donors (Lipinski definition) is 2. The lowest BCUT2D eigenvalue weighted by Crippen LogP contribution is -2.41. The van der Waals surface area contributed by atoms with Gasteiger partial charge < -0.3 is 15.3 Å². The zero-order valence-electron chi connectivity index (χ0n) is 11.9. The molecule has 0 bridgehead atoms. The van der Waals surface area contributed by atoms with E-state index in [1.165, 1.54) is 0 Å². The van der Waals surface area contributed by atoms with Crippen molar-refractivity contribution in [2.45, 2.75) is 53.2 Å². The molecule has 0 aromatic carbocycles. The Balaban J connectivity index is 3.85. The molecular formula is C13H30N2O. The fraction of sp³-hybridized carbons (Fsp3) is 1.00. The molecule has 0 saturated carbocycles. The maximum absolute atomic E-state index is 9.24. The highest BCUT2D eigenvalue weighted by atomic mass is 16.3. The van der Waals surface area contributed by atoms with Gasteiger partial charge in [-0.25, -0.2) is 0 Å². The SMILES string of the molecule is CC(O)CCN(C)CC(C)(C)CNC(C)C. The van der Waals surface area contributed by atoms with Gasteiger partial charge in [0.15, 0.2) is 0 Å². The van der Waals surface area contributed by atoms with E-state index >= 15 is 0 Å². The Labute approximate surface area is 101 Å². The molecule has 1 atom stereocenters. The smallest absolute Gasteiger partial charge is 0.0524 e. The van der Waals surface area contributed by atoms with E-state index in [-0.39, 0.29) is 11.5 Å². The van der Waals surface area contributed by atoms with E-state index < -0.39 is 0 Å². The van der Waals surface area contributed by atoms with Crippen molar-refractivity contribution in [3.63, 3.8) is 0 Å². The Hall–Kier alpha value is -0.120. The Bertz CT molecular complexity index is 179. The molecule has 0 aliphatic carbocycles. The van der Waals surface area contributed by atoms with E-state index in [0.717, 1.165) is 26.1 Å². The Morgan fingerprint density at radius 3 is 2.25 bits per heavy atom. The van der Waals surface area contributed by atoms with Crippen molar-refractivity contribution in [1.82, 2.24) is 10.2 Å². The van der Waals surface area contributed by atoms with E-state index in [1.54, 1.807) is 0 Å². The second kappa shape index (κ2) is 7.25. The number of hydrogen-bond acceptors (Lipinski definition) is 3. The average Bonchev–Trinajstić information content (AvgIpc) is 2.11. The predicted octanol–water partition coefficient (Wildman–Crippen LogP) is 1.71. The highest BCUT2D eigenvalue weighted by Crippen LogP contribution is 2.15. The molecule has 0 aliphatic rings. The maximum Gasteiger partial charge on any atom is 0.0524 e. The fourth-order valence-electron chi connectivity index (χ4n) is 1.75. The number of aliphatic hydroxyl groups is 1. The van der Waals surface area contributed by atoms with Crippen LogP contribution in [0.25, 0.3) is 0 Å². The van der Waals surface area contributed by atoms with E-state index in [9.17, 15) is 5.11 Å². The molecule has 0 radical (unpaired) electrons. The molecule has 0 amide bonds. The minimum absolute atomic E-state index is 0.195. The normalized spacial score (nSPS) is 14.8. The van der Waals surface area contributed by atoms with E-state index in [0.29, 0.717) is 6.04 Å². The van der Waals surface area contributed by atoms with Crippen LogP contribution in [0.1, 0.15) is 41.0 Å². The molecule has 3 heteroatoms. The van der Waals surface area contributed by atoms with Crippen LogP contribution in [0.2, 0.25) is 0 Å². The van der Waals surface area contributed by atoms with Crippen molar-refractivity contribution in [2.24, 2.45) is 5.41 Å². The summed E-state index contributed by atoms with van der Waals surface area (Å²) in [5, 5.41) is 12.7. The summed E-state index contributed by atoms with van der Waals surface area (Å²) in [7, 11) is 2.12. The summed E-state index contributed by atoms with van der Waals surface area (Å²) in [5.41, 5.74) is 0.276. The maximum atomic E-state index is 9.24. The van der Waals surface area contributed by atoms with Gasteiger partial charge in [-0.15, -0.1) is 0 Å². The van der Waals surface area contributed by atoms with Gasteiger partial charge in [0, 0.05) is 25.7 Å². The van der Waals surface area contributed by atoms with Crippen LogP contribution in [-0.2, 0) is 0 Å². The van der Waals surface area contributed by atoms with E-state index in [2.05, 4.69) is 45.0 Å². The molecule has 0 aromatic heterocycles. The molecule has 0 aliphatic heterocycles. The lowest BCUT2D eigenvalue weighted by Gasteiger charge is -2.31. The lowest BCUT2D eigenvalue weighted by molar-refractivity contribution is 0.144. The topological polar surface area (TPSA) is 35.5 Å². The van der Waals surface area contributed by atoms with E-state index in [1.807, 2.05) is 6.92 Å². The third kappa shape index (κ3) is 9.13. The minimum Gasteiger partial charge on any atom is -0.393 e. The van der Waals surface area contributed by atoms with Crippen LogP contribution in [-0.4, -0.2) is 48.8 Å². The molecule has 0 rings (SSSR count). The summed E-state index contributed by atoms with van der Waals surface area (Å²) in [6.45, 7) is 13.8. The molecule has 98 valence electrons. The van der Waals surface area contributed by atoms with Crippen LogP contribution in [0.15, 0.2) is 0 Å². The van der Waals surface area contributed by atoms with Gasteiger partial charge >= 0.3 is 0 Å². The van der Waals surface area contributed by atoms with E-state index in [4.69, 9.17) is 0 Å². The monoisotopic (exact) mass is 230 g/mol. The van der Waals surface area contributed by atoms with Crippen LogP contribution < -0.4 is 5.32 Å². The van der Waals surface area contributed by atoms with Gasteiger partial charge in [-0.3, -0.25) is 0 Å². The summed E-state index contributed by atoms with van der Waals surface area (Å²) in [5.74, 6) is 0. The molecular weight excluding hydrogens is 200 g/mol. The van der Waals surface area contributed by atoms with Gasteiger partial charge in [-0.1, -0.05) is 27.7 Å². The van der Waals surface area contributed by atoms with Gasteiger partial charge in [-0.05, 0) is 25.8 Å². The van der Waals surface area contributed by atoms with Crippen molar-refractivity contribution < 1.29 is 5.11 Å². The van der Waals surface area contributed by atoms with Crippen LogP contribution in [0, 0.1) is 5.41 Å². The summed E-state index contributed by atoms with van der Waals surface area (Å²) < 4.78 is 0. The second-order valence-corrected chi connectivity index (χ2v) is 6.08. The molecule has 0 fully saturated rings. The lowest BCUT2D eigenvalue weighted by atomic mass is 9.92. The first-order valence-electron chi connectivity index (χ1n) is 6.33. The highest BCUT2D eigenvalue weighted by molar-refractivity contribution is 4.76. The fourth-order valence-corrected chi connectivity index (χ4v) is 1.75. The highest BCUT2D eigenvalue weighted by Gasteiger charge is 2.20. The van der Waals surface area contributed by atoms with Crippen LogP contribution >= 0.6 is 0 Å². The van der Waals surface area contributed by atoms with Crippen molar-refractivity contribution in [2.75, 3.05) is 26.7 Å². The quantitative estimate of drug-likeness (QED) is 0.666. The van der Waals surface area contributed by atoms with Crippen molar-refractivity contribution in [1.29, 1.82) is 0 Å². The first kappa shape index (κ1) is 15.9. The van der Waals surface area contributed by atoms with Crippen molar-refractivity contribution >= 4 is 0 Å². The minimum atomic E-state index is -0.195. The Morgan fingerprint density at radius 2 is 1.81 bits per heavy atom. The Kier molecular flexibility index (Phi) is 7.20. The third-order valence-electron chi connectivity index (χ3n) is 2.62. The molecule has 0 spiro atoms. The van der Waals surface area contributed by atoms with Crippen molar-refractivity contribution in [3.05, 3.63) is 0 Å². The summed E-state index contributed by atoms with van der Waals surface area (Å²) in [6, 6.07) is 0.544. The van der Waals surface area contributed by atoms with Crippen molar-refractivity contribution in [3.8, 4) is 0 Å². The molecule has 1 unspecified atom stereocenters. The molecule has 3 nitrogen and oxygen atoms in total. The van der Waals surface area contributed by atoms with Crippen LogP contribution in [0.5, 0.6) is 0 Å². The van der Waals surface area contributed by atoms with Crippen LogP contribution in [0.3, 0.4) is 0 Å². The largest absolute Gasteiger partial charge is 0.393 e. The summed E-state index contributed by atoms with van der Waals surface area (Å²) in [4.78, 5) is 2.30. The zero-order chi connectivity index (χ0) is 12.8. The first-order chi connectivity index (χ1) is 7.23. The molecule has 0 heterocycles. The number of nitrogens with zero attached hydrogens (tertiary/aromatic N) is 1. The number of aliphatic hydroxyl groups excluding tert-OH is 1. The second-order valence-electron chi connectivity index (χ2n) is 6.08. The van der Waals surface area contributed by atoms with Gasteiger partial charge in [-0.2, -0.15) is 0 Å². The zero-order valence-corrected chi connectivity index (χ0v) is 11.9. The summed E-state index contributed by atoms with van der Waals surface area (Å²) >= 11 is 0. The molecule has 2 N–H and O–H groups in total. The average molecular weight is 230 g/mol. The summed E-state index contributed by atoms with van der Waals surface area (Å²) in [6.07, 6.45) is 0.656. The van der Waals surface area contributed by atoms with Gasteiger partial charge in [0.25, 0.3) is 0 Å². The Morgan fingerprint density at radius 1 is 1.25 bits per heavy atom. The molecule has 0 saturated heterocycles. The third-order valence-corrected chi connectivity index (χ3v) is 2.62. The molecule has 16 heavy (non-hydrogen) atoms. The van der Waals surface area contributed by atoms with Crippen LogP contribution in [0.4, 0.5) is 0 Å². The predicted molar refractivity (Wildman–Crippen MR) is 70.7 cm³/mol. The van der Waals surface area contributed by atoms with Gasteiger partial charge in [0.2, 0.25) is 0 Å². The number of rotatable bonds is 8. The number of nitrogens with one attached hydrogen (secondary N) is 1. The van der Waals surface area contributed by atoms with Gasteiger partial charge in [0.05, 0.1) is 6.10 Å².